The Morgan fingerprint density at radius 3 is 2.66 bits per heavy atom. The number of allylic oxidation sites excluding steroid dienone is 4. The number of ketones is 2. The largest absolute Gasteiger partial charge is 0.472 e. The number of esters is 1. The number of hydrogen-bond donors (Lipinski definition) is 1. The maximum absolute atomic E-state index is 13.6. The Morgan fingerprint density at radius 2 is 2.00 bits per heavy atom. The van der Waals surface area contributed by atoms with Gasteiger partial charge in [0.15, 0.2) is 17.2 Å². The van der Waals surface area contributed by atoms with Crippen LogP contribution < -0.4 is 0 Å². The number of carbonyl (C=O) groups is 3. The summed E-state index contributed by atoms with van der Waals surface area (Å²) < 4.78 is 11.2. The zero-order valence-electron chi connectivity index (χ0n) is 20.7. The Morgan fingerprint density at radius 1 is 1.26 bits per heavy atom. The molecule has 6 nitrogen and oxygen atoms in total. The first-order valence-electron chi connectivity index (χ1n) is 12.4. The maximum Gasteiger partial charge on any atom is 0.342 e. The van der Waals surface area contributed by atoms with Crippen LogP contribution in [0, 0.1) is 34.0 Å². The highest BCUT2D eigenvalue weighted by Crippen LogP contribution is 2.73. The molecule has 8 atom stereocenters. The van der Waals surface area contributed by atoms with E-state index in [2.05, 4.69) is 13.8 Å². The van der Waals surface area contributed by atoms with Crippen LogP contribution in [0.25, 0.3) is 0 Å². The molecule has 0 saturated heterocycles. The molecule has 0 spiro atoms. The smallest absolute Gasteiger partial charge is 0.342 e. The van der Waals surface area contributed by atoms with Crippen LogP contribution in [0.5, 0.6) is 0 Å². The second-order valence-corrected chi connectivity index (χ2v) is 11.9. The van der Waals surface area contributed by atoms with Crippen molar-refractivity contribution in [3.63, 3.8) is 0 Å². The molecule has 0 bridgehead atoms. The van der Waals surface area contributed by atoms with Crippen LogP contribution in [-0.2, 0) is 14.3 Å². The van der Waals surface area contributed by atoms with Crippen molar-refractivity contribution in [2.45, 2.75) is 65.1 Å². The van der Waals surface area contributed by atoms with Crippen LogP contribution >= 0.6 is 11.6 Å². The lowest BCUT2D eigenvalue weighted by Gasteiger charge is -2.65. The van der Waals surface area contributed by atoms with E-state index in [4.69, 9.17) is 20.8 Å². The summed E-state index contributed by atoms with van der Waals surface area (Å²) >= 11 is 6.15. The predicted octanol–water partition coefficient (Wildman–Crippen LogP) is 4.90. The number of alkyl halides is 1. The van der Waals surface area contributed by atoms with Gasteiger partial charge in [0.25, 0.3) is 0 Å². The lowest BCUT2D eigenvalue weighted by molar-refractivity contribution is -0.207. The average Bonchev–Trinajstić information content (AvgIpc) is 3.42. The number of Topliss-reactive ketones (excluding diaryl/α,β-unsaturated/α-hetero) is 1. The second-order valence-electron chi connectivity index (χ2n) is 11.6. The normalized spacial score (nSPS) is 44.2. The number of rotatable bonds is 4. The van der Waals surface area contributed by atoms with Gasteiger partial charge in [-0.3, -0.25) is 9.59 Å². The minimum Gasteiger partial charge on any atom is -0.472 e. The van der Waals surface area contributed by atoms with Crippen LogP contribution in [0.15, 0.2) is 46.8 Å². The van der Waals surface area contributed by atoms with Crippen LogP contribution in [0.4, 0.5) is 0 Å². The number of hydrogen-bond acceptors (Lipinski definition) is 6. The minimum absolute atomic E-state index is 0.0120. The van der Waals surface area contributed by atoms with E-state index in [0.29, 0.717) is 12.8 Å². The molecule has 0 aromatic carbocycles. The van der Waals surface area contributed by atoms with Crippen LogP contribution in [-0.4, -0.2) is 40.2 Å². The van der Waals surface area contributed by atoms with Crippen molar-refractivity contribution in [2.75, 3.05) is 5.88 Å². The first-order chi connectivity index (χ1) is 16.5. The summed E-state index contributed by atoms with van der Waals surface area (Å²) in [6.45, 7) is 8.19. The van der Waals surface area contributed by atoms with Gasteiger partial charge in [-0.05, 0) is 55.7 Å². The van der Waals surface area contributed by atoms with E-state index in [1.54, 1.807) is 12.2 Å². The predicted molar refractivity (Wildman–Crippen MR) is 130 cm³/mol. The number of fused-ring (bicyclic) bond motifs is 5. The molecule has 4 aliphatic carbocycles. The average molecular weight is 501 g/mol. The topological polar surface area (TPSA) is 93.8 Å². The molecule has 188 valence electrons. The highest BCUT2D eigenvalue weighted by molar-refractivity contribution is 6.29. The van der Waals surface area contributed by atoms with Crippen molar-refractivity contribution < 1.29 is 28.6 Å². The lowest BCUT2D eigenvalue weighted by Crippen LogP contribution is -2.67. The van der Waals surface area contributed by atoms with Crippen molar-refractivity contribution in [3.8, 4) is 0 Å². The first kappa shape index (κ1) is 24.5. The number of aliphatic hydroxyl groups excluding tert-OH is 1. The molecule has 7 heteroatoms. The Hall–Kier alpha value is -2.18. The first-order valence-corrected chi connectivity index (χ1v) is 13.0. The van der Waals surface area contributed by atoms with E-state index in [0.717, 1.165) is 18.4 Å². The van der Waals surface area contributed by atoms with Gasteiger partial charge in [0.2, 0.25) is 0 Å². The zero-order valence-corrected chi connectivity index (χ0v) is 21.4. The molecule has 0 amide bonds. The van der Waals surface area contributed by atoms with E-state index in [-0.39, 0.29) is 40.8 Å². The molecule has 35 heavy (non-hydrogen) atoms. The molecule has 1 aromatic rings. The van der Waals surface area contributed by atoms with Gasteiger partial charge in [-0.1, -0.05) is 39.3 Å². The third-order valence-corrected chi connectivity index (χ3v) is 10.7. The summed E-state index contributed by atoms with van der Waals surface area (Å²) in [6.07, 6.45) is 9.76. The lowest BCUT2D eigenvalue weighted by atomic mass is 9.39. The molecule has 1 N–H and O–H groups in total. The summed E-state index contributed by atoms with van der Waals surface area (Å²) in [5, 5.41) is 11.9. The molecular formula is C28H33ClO6. The third-order valence-electron chi connectivity index (χ3n) is 10.5. The molecule has 3 fully saturated rings. The molecule has 0 unspecified atom stereocenters. The molecule has 5 rings (SSSR count). The third kappa shape index (κ3) is 2.96. The molecule has 1 aromatic heterocycles. The fraction of sp³-hybridized carbons (Fsp3) is 0.607. The molecule has 3 saturated carbocycles. The van der Waals surface area contributed by atoms with Crippen molar-refractivity contribution in [2.24, 2.45) is 34.0 Å². The Bertz CT molecular complexity index is 1140. The van der Waals surface area contributed by atoms with Gasteiger partial charge in [-0.2, -0.15) is 0 Å². The SMILES string of the molecule is C[C@@H]1C[C@H]2[C@@H]3CCC4=CC(=O)C=C[C@]4(C)[C@@]3(C)[C@@H](O)C[C@]2(C)[C@@]1(OC(=O)c1ccoc1)C(=O)CCl. The molecule has 4 aliphatic rings. The molecule has 1 heterocycles. The number of carbonyl (C=O) groups excluding carboxylic acids is 3. The number of aliphatic hydroxyl groups is 1. The van der Waals surface area contributed by atoms with E-state index in [1.807, 2.05) is 19.9 Å². The van der Waals surface area contributed by atoms with Gasteiger partial charge in [0, 0.05) is 22.2 Å². The zero-order chi connectivity index (χ0) is 25.4. The van der Waals surface area contributed by atoms with Gasteiger partial charge in [0.05, 0.1) is 23.8 Å². The van der Waals surface area contributed by atoms with Crippen molar-refractivity contribution in [3.05, 3.63) is 48.0 Å². The Labute approximate surface area is 210 Å². The second kappa shape index (κ2) is 7.91. The van der Waals surface area contributed by atoms with Crippen molar-refractivity contribution in [1.82, 2.24) is 0 Å². The fourth-order valence-corrected chi connectivity index (χ4v) is 8.71. The van der Waals surface area contributed by atoms with Crippen LogP contribution in [0.3, 0.4) is 0 Å². The minimum atomic E-state index is -1.45. The quantitative estimate of drug-likeness (QED) is 0.467. The summed E-state index contributed by atoms with van der Waals surface area (Å²) in [5.41, 5.74) is -1.95. The van der Waals surface area contributed by atoms with Gasteiger partial charge >= 0.3 is 5.97 Å². The van der Waals surface area contributed by atoms with Crippen molar-refractivity contribution >= 4 is 29.1 Å². The Kier molecular flexibility index (Phi) is 5.54. The maximum atomic E-state index is 13.6. The van der Waals surface area contributed by atoms with E-state index in [9.17, 15) is 19.5 Å². The van der Waals surface area contributed by atoms with Gasteiger partial charge in [-0.15, -0.1) is 11.6 Å². The number of furan rings is 1. The van der Waals surface area contributed by atoms with E-state index < -0.39 is 33.9 Å². The van der Waals surface area contributed by atoms with Crippen molar-refractivity contribution in [1.29, 1.82) is 0 Å². The highest BCUT2D eigenvalue weighted by atomic mass is 35.5. The summed E-state index contributed by atoms with van der Waals surface area (Å²) in [6, 6.07) is 1.51. The van der Waals surface area contributed by atoms with Gasteiger partial charge in [0.1, 0.15) is 6.26 Å². The van der Waals surface area contributed by atoms with Crippen LogP contribution in [0.2, 0.25) is 0 Å². The summed E-state index contributed by atoms with van der Waals surface area (Å²) in [5.74, 6) is -1.42. The number of ether oxygens (including phenoxy) is 1. The molecular weight excluding hydrogens is 468 g/mol. The molecule has 0 radical (unpaired) electrons. The molecule has 0 aliphatic heterocycles. The fourth-order valence-electron chi connectivity index (χ4n) is 8.51. The van der Waals surface area contributed by atoms with E-state index in [1.165, 1.54) is 18.6 Å². The van der Waals surface area contributed by atoms with E-state index >= 15 is 0 Å². The number of halogens is 1. The highest BCUT2D eigenvalue weighted by Gasteiger charge is 2.75. The van der Waals surface area contributed by atoms with Gasteiger partial charge < -0.3 is 14.3 Å². The van der Waals surface area contributed by atoms with Crippen LogP contribution in [0.1, 0.15) is 63.7 Å². The standard InChI is InChI=1S/C28H33ClO6/c1-16-11-21-20-6-5-18-12-19(30)7-9-25(18,2)27(20,4)22(31)13-26(21,3)28(16,23(32)14-29)35-24(33)17-8-10-34-15-17/h7-10,12,15-16,20-22,31H,5-6,11,13-14H2,1-4H3/t16-,20+,21+,22+,25+,26+,27-,28+/m1/s1. The summed E-state index contributed by atoms with van der Waals surface area (Å²) in [7, 11) is 0. The monoisotopic (exact) mass is 500 g/mol. The summed E-state index contributed by atoms with van der Waals surface area (Å²) in [4.78, 5) is 38.9. The Balaban J connectivity index is 1.61. The van der Waals surface area contributed by atoms with Gasteiger partial charge in [-0.25, -0.2) is 4.79 Å².